The third kappa shape index (κ3) is 1.72. The van der Waals surface area contributed by atoms with Crippen LogP contribution in [0, 0.1) is 17.3 Å². The van der Waals surface area contributed by atoms with Crippen molar-refractivity contribution in [1.29, 1.82) is 0 Å². The van der Waals surface area contributed by atoms with Gasteiger partial charge in [0.2, 0.25) is 0 Å². The predicted molar refractivity (Wildman–Crippen MR) is 80.9 cm³/mol. The molecule has 2 atom stereocenters. The summed E-state index contributed by atoms with van der Waals surface area (Å²) in [5, 5.41) is 0.805. The fourth-order valence-corrected chi connectivity index (χ4v) is 5.94. The van der Waals surface area contributed by atoms with Gasteiger partial charge in [-0.05, 0) is 80.4 Å². The van der Waals surface area contributed by atoms with Crippen molar-refractivity contribution in [2.75, 3.05) is 0 Å². The Morgan fingerprint density at radius 1 is 1.10 bits per heavy atom. The summed E-state index contributed by atoms with van der Waals surface area (Å²) < 4.78 is 0. The van der Waals surface area contributed by atoms with Crippen LogP contribution in [0.1, 0.15) is 51.0 Å². The van der Waals surface area contributed by atoms with Crippen molar-refractivity contribution in [3.8, 4) is 0 Å². The molecule has 0 heterocycles. The largest absolute Gasteiger partial charge is 0.299 e. The van der Waals surface area contributed by atoms with Crippen molar-refractivity contribution >= 4 is 17.4 Å². The Morgan fingerprint density at radius 3 is 2.25 bits per heavy atom. The number of Topliss-reactive ketones (excluding diaryl/α,β-unsaturated/α-hetero) is 1. The van der Waals surface area contributed by atoms with Crippen molar-refractivity contribution in [3.05, 3.63) is 34.9 Å². The van der Waals surface area contributed by atoms with Crippen molar-refractivity contribution in [1.82, 2.24) is 0 Å². The molecule has 0 radical (unpaired) electrons. The molecule has 106 valence electrons. The van der Waals surface area contributed by atoms with Crippen LogP contribution < -0.4 is 0 Å². The molecule has 0 saturated heterocycles. The van der Waals surface area contributed by atoms with Crippen LogP contribution in [0.3, 0.4) is 0 Å². The molecule has 20 heavy (non-hydrogen) atoms. The maximum atomic E-state index is 12.3. The van der Waals surface area contributed by atoms with E-state index in [2.05, 4.69) is 12.1 Å². The number of hydrogen-bond acceptors (Lipinski definition) is 1. The van der Waals surface area contributed by atoms with Gasteiger partial charge in [0.05, 0.1) is 0 Å². The van der Waals surface area contributed by atoms with Gasteiger partial charge in [-0.2, -0.15) is 0 Å². The van der Waals surface area contributed by atoms with E-state index in [0.717, 1.165) is 36.1 Å². The molecule has 4 aliphatic carbocycles. The molecule has 2 unspecified atom stereocenters. The van der Waals surface area contributed by atoms with Crippen LogP contribution in [0.2, 0.25) is 5.02 Å². The monoisotopic (exact) mass is 288 g/mol. The van der Waals surface area contributed by atoms with Gasteiger partial charge in [0, 0.05) is 10.4 Å². The molecule has 4 fully saturated rings. The lowest BCUT2D eigenvalue weighted by molar-refractivity contribution is -0.144. The molecule has 4 bridgehead atoms. The van der Waals surface area contributed by atoms with E-state index in [4.69, 9.17) is 11.6 Å². The molecule has 5 rings (SSSR count). The summed E-state index contributed by atoms with van der Waals surface area (Å²) in [6, 6.07) is 8.42. The summed E-state index contributed by atoms with van der Waals surface area (Å²) in [6.45, 7) is 1.82. The minimum Gasteiger partial charge on any atom is -0.299 e. The van der Waals surface area contributed by atoms with E-state index >= 15 is 0 Å². The Labute approximate surface area is 125 Å². The Bertz CT molecular complexity index is 545. The summed E-state index contributed by atoms with van der Waals surface area (Å²) >= 11 is 6.04. The van der Waals surface area contributed by atoms with Crippen LogP contribution in [-0.4, -0.2) is 5.78 Å². The number of rotatable bonds is 2. The Hall–Kier alpha value is -0.820. The molecule has 0 N–H and O–H groups in total. The fourth-order valence-electron chi connectivity index (χ4n) is 5.82. The second kappa shape index (κ2) is 4.10. The summed E-state index contributed by atoms with van der Waals surface area (Å²) in [5.41, 5.74) is 1.66. The van der Waals surface area contributed by atoms with Crippen molar-refractivity contribution < 1.29 is 4.79 Å². The normalized spacial score (nSPS) is 41.9. The van der Waals surface area contributed by atoms with Crippen LogP contribution in [-0.2, 0) is 10.2 Å². The molecular weight excluding hydrogens is 268 g/mol. The molecule has 1 aromatic rings. The molecular formula is C18H21ClO. The Morgan fingerprint density at radius 2 is 1.70 bits per heavy atom. The Balaban J connectivity index is 1.79. The van der Waals surface area contributed by atoms with Gasteiger partial charge in [0.25, 0.3) is 0 Å². The molecule has 4 saturated carbocycles. The smallest absolute Gasteiger partial charge is 0.136 e. The van der Waals surface area contributed by atoms with Crippen molar-refractivity contribution in [3.63, 3.8) is 0 Å². The topological polar surface area (TPSA) is 17.1 Å². The van der Waals surface area contributed by atoms with Crippen molar-refractivity contribution in [2.24, 2.45) is 17.3 Å². The number of carbonyl (C=O) groups is 1. The molecule has 1 aromatic carbocycles. The lowest BCUT2D eigenvalue weighted by Crippen LogP contribution is -2.56. The highest BCUT2D eigenvalue weighted by atomic mass is 35.5. The number of carbonyl (C=O) groups excluding carboxylic acids is 1. The Kier molecular flexibility index (Phi) is 2.64. The zero-order valence-corrected chi connectivity index (χ0v) is 12.7. The summed E-state index contributed by atoms with van der Waals surface area (Å²) in [4.78, 5) is 12.3. The maximum absolute atomic E-state index is 12.3. The zero-order chi connectivity index (χ0) is 14.0. The molecule has 0 aromatic heterocycles. The highest BCUT2D eigenvalue weighted by molar-refractivity contribution is 6.30. The highest BCUT2D eigenvalue weighted by Crippen LogP contribution is 2.65. The lowest BCUT2D eigenvalue weighted by Gasteiger charge is -2.61. The van der Waals surface area contributed by atoms with E-state index in [1.54, 1.807) is 0 Å². The molecule has 0 spiro atoms. The van der Waals surface area contributed by atoms with Crippen LogP contribution >= 0.6 is 11.6 Å². The number of hydrogen-bond donors (Lipinski definition) is 0. The molecule has 1 nitrogen and oxygen atoms in total. The van der Waals surface area contributed by atoms with Crippen LogP contribution in [0.4, 0.5) is 0 Å². The first-order valence-corrected chi connectivity index (χ1v) is 8.16. The first kappa shape index (κ1) is 12.9. The first-order valence-electron chi connectivity index (χ1n) is 7.79. The minimum absolute atomic E-state index is 0.0102. The molecule has 4 aliphatic rings. The quantitative estimate of drug-likeness (QED) is 0.766. The van der Waals surface area contributed by atoms with E-state index < -0.39 is 0 Å². The van der Waals surface area contributed by atoms with E-state index in [1.165, 1.54) is 24.8 Å². The van der Waals surface area contributed by atoms with Crippen LogP contribution in [0.15, 0.2) is 24.3 Å². The van der Waals surface area contributed by atoms with Crippen LogP contribution in [0.25, 0.3) is 0 Å². The van der Waals surface area contributed by atoms with Gasteiger partial charge in [-0.3, -0.25) is 4.79 Å². The van der Waals surface area contributed by atoms with E-state index in [0.29, 0.717) is 5.78 Å². The molecule has 2 heteroatoms. The van der Waals surface area contributed by atoms with Gasteiger partial charge in [0.15, 0.2) is 0 Å². The number of benzene rings is 1. The van der Waals surface area contributed by atoms with Crippen molar-refractivity contribution in [2.45, 2.75) is 50.9 Å². The second-order valence-corrected chi connectivity index (χ2v) is 8.02. The summed E-state index contributed by atoms with van der Waals surface area (Å²) in [5.74, 6) is 1.96. The molecule has 0 aliphatic heterocycles. The second-order valence-electron chi connectivity index (χ2n) is 7.58. The zero-order valence-electron chi connectivity index (χ0n) is 12.0. The van der Waals surface area contributed by atoms with Gasteiger partial charge in [-0.1, -0.05) is 23.7 Å². The number of ketones is 1. The standard InChI is InChI=1S/C18H21ClO/c1-12(20)17-7-13-6-14(8-17)10-18(9-13,11-17)15-2-4-16(19)5-3-15/h2-5,13-14H,6-11H2,1H3. The average molecular weight is 289 g/mol. The third-order valence-electron chi connectivity index (χ3n) is 6.26. The SMILES string of the molecule is CC(=O)C12CC3CC(C1)CC(c1ccc(Cl)cc1)(C3)C2. The van der Waals surface area contributed by atoms with Gasteiger partial charge in [-0.15, -0.1) is 0 Å². The first-order chi connectivity index (χ1) is 9.51. The summed E-state index contributed by atoms with van der Waals surface area (Å²) in [7, 11) is 0. The van der Waals surface area contributed by atoms with E-state index in [-0.39, 0.29) is 10.8 Å². The average Bonchev–Trinajstić information content (AvgIpc) is 2.37. The third-order valence-corrected chi connectivity index (χ3v) is 6.52. The lowest BCUT2D eigenvalue weighted by atomic mass is 9.42. The fraction of sp³-hybridized carbons (Fsp3) is 0.611. The van der Waals surface area contributed by atoms with Gasteiger partial charge < -0.3 is 0 Å². The highest BCUT2D eigenvalue weighted by Gasteiger charge is 2.59. The van der Waals surface area contributed by atoms with Gasteiger partial charge >= 0.3 is 0 Å². The van der Waals surface area contributed by atoms with Gasteiger partial charge in [0.1, 0.15) is 5.78 Å². The van der Waals surface area contributed by atoms with E-state index in [1.807, 2.05) is 19.1 Å². The number of halogens is 1. The molecule has 0 amide bonds. The summed E-state index contributed by atoms with van der Waals surface area (Å²) in [6.07, 6.45) is 7.27. The predicted octanol–water partition coefficient (Wildman–Crippen LogP) is 4.77. The van der Waals surface area contributed by atoms with E-state index in [9.17, 15) is 4.79 Å². The maximum Gasteiger partial charge on any atom is 0.136 e. The van der Waals surface area contributed by atoms with Crippen LogP contribution in [0.5, 0.6) is 0 Å². The van der Waals surface area contributed by atoms with Gasteiger partial charge in [-0.25, -0.2) is 0 Å². The minimum atomic E-state index is -0.0102.